The average Bonchev–Trinajstić information content (AvgIpc) is 3.20. The van der Waals surface area contributed by atoms with Gasteiger partial charge in [0.25, 0.3) is 5.91 Å². The highest BCUT2D eigenvalue weighted by atomic mass is 19.4. The Bertz CT molecular complexity index is 980. The number of pyridine rings is 1. The third-order valence-electron chi connectivity index (χ3n) is 5.74. The number of likely N-dealkylation sites (tertiary alicyclic amines) is 1. The van der Waals surface area contributed by atoms with Crippen molar-refractivity contribution in [2.24, 2.45) is 5.92 Å². The Morgan fingerprint density at radius 1 is 1.24 bits per heavy atom. The number of carboxylic acids is 1. The zero-order valence-electron chi connectivity index (χ0n) is 18.2. The predicted molar refractivity (Wildman–Crippen MR) is 113 cm³/mol. The number of alkyl halides is 3. The summed E-state index contributed by atoms with van der Waals surface area (Å²) in [5, 5.41) is 16.7. The van der Waals surface area contributed by atoms with Crippen LogP contribution in [-0.4, -0.2) is 70.1 Å². The van der Waals surface area contributed by atoms with Gasteiger partial charge in [-0.05, 0) is 48.6 Å². The van der Waals surface area contributed by atoms with E-state index in [2.05, 4.69) is 4.98 Å². The van der Waals surface area contributed by atoms with Crippen LogP contribution in [0.3, 0.4) is 0 Å². The van der Waals surface area contributed by atoms with Gasteiger partial charge in [-0.3, -0.25) is 9.78 Å². The number of carbonyl (C=O) groups excluding carboxylic acids is 1. The summed E-state index contributed by atoms with van der Waals surface area (Å²) in [4.78, 5) is 27.4. The Hall–Kier alpha value is -3.18. The van der Waals surface area contributed by atoms with E-state index in [4.69, 9.17) is 19.4 Å². The van der Waals surface area contributed by atoms with Crippen LogP contribution in [0.2, 0.25) is 0 Å². The number of phenolic OH excluding ortho intramolecular Hbond substituents is 1. The van der Waals surface area contributed by atoms with Gasteiger partial charge in [0.15, 0.2) is 0 Å². The largest absolute Gasteiger partial charge is 0.508 e. The third kappa shape index (κ3) is 6.45. The number of hydrogen-bond donors (Lipinski definition) is 2. The lowest BCUT2D eigenvalue weighted by atomic mass is 9.79. The molecule has 184 valence electrons. The molecule has 3 heterocycles. The quantitative estimate of drug-likeness (QED) is 0.609. The van der Waals surface area contributed by atoms with Crippen LogP contribution in [0.5, 0.6) is 5.75 Å². The number of aromatic nitrogens is 1. The average molecular weight is 482 g/mol. The van der Waals surface area contributed by atoms with Gasteiger partial charge in [-0.15, -0.1) is 0 Å². The summed E-state index contributed by atoms with van der Waals surface area (Å²) in [7, 11) is 0. The van der Waals surface area contributed by atoms with Gasteiger partial charge in [0, 0.05) is 31.2 Å². The Labute approximate surface area is 193 Å². The summed E-state index contributed by atoms with van der Waals surface area (Å²) in [5.41, 5.74) is 1.35. The van der Waals surface area contributed by atoms with E-state index in [-0.39, 0.29) is 17.3 Å². The van der Waals surface area contributed by atoms with Crippen LogP contribution in [0.15, 0.2) is 48.8 Å². The molecule has 1 atom stereocenters. The molecule has 1 amide bonds. The highest BCUT2D eigenvalue weighted by Gasteiger charge is 2.54. The number of aromatic hydroxyl groups is 1. The number of benzene rings is 1. The van der Waals surface area contributed by atoms with Crippen molar-refractivity contribution in [3.8, 4) is 5.75 Å². The second-order valence-corrected chi connectivity index (χ2v) is 8.12. The summed E-state index contributed by atoms with van der Waals surface area (Å²) in [6, 6.07) is 10.4. The van der Waals surface area contributed by atoms with Crippen LogP contribution in [0.25, 0.3) is 0 Å². The van der Waals surface area contributed by atoms with Gasteiger partial charge < -0.3 is 24.6 Å². The van der Waals surface area contributed by atoms with Crippen LogP contribution in [0.1, 0.15) is 28.8 Å². The minimum atomic E-state index is -5.08. The van der Waals surface area contributed by atoms with Crippen LogP contribution >= 0.6 is 0 Å². The molecule has 2 saturated heterocycles. The molecule has 1 spiro atoms. The Balaban J connectivity index is 0.000000406. The van der Waals surface area contributed by atoms with Crippen molar-refractivity contribution >= 4 is 11.9 Å². The van der Waals surface area contributed by atoms with Gasteiger partial charge in [0.1, 0.15) is 11.4 Å². The van der Waals surface area contributed by atoms with Crippen molar-refractivity contribution in [3.63, 3.8) is 0 Å². The van der Waals surface area contributed by atoms with Crippen molar-refractivity contribution in [3.05, 3.63) is 59.9 Å². The van der Waals surface area contributed by atoms with E-state index in [1.807, 2.05) is 18.3 Å². The van der Waals surface area contributed by atoms with Crippen molar-refractivity contribution in [1.82, 2.24) is 9.88 Å². The topological polar surface area (TPSA) is 109 Å². The molecule has 34 heavy (non-hydrogen) atoms. The third-order valence-corrected chi connectivity index (χ3v) is 5.74. The number of carboxylic acid groups (broad SMARTS) is 1. The molecule has 0 radical (unpaired) electrons. The van der Waals surface area contributed by atoms with E-state index in [0.29, 0.717) is 37.8 Å². The van der Waals surface area contributed by atoms with E-state index >= 15 is 0 Å². The molecule has 0 aliphatic carbocycles. The van der Waals surface area contributed by atoms with Gasteiger partial charge in [-0.1, -0.05) is 12.1 Å². The molecule has 0 saturated carbocycles. The molecule has 2 aliphatic heterocycles. The van der Waals surface area contributed by atoms with Crippen molar-refractivity contribution < 1.29 is 42.4 Å². The van der Waals surface area contributed by atoms with Gasteiger partial charge in [-0.2, -0.15) is 13.2 Å². The Kier molecular flexibility index (Phi) is 8.11. The van der Waals surface area contributed by atoms with E-state index < -0.39 is 12.1 Å². The van der Waals surface area contributed by atoms with Crippen LogP contribution in [0, 0.1) is 5.92 Å². The number of ether oxygens (including phenoxy) is 2. The number of hydrogen-bond acceptors (Lipinski definition) is 6. The number of nitrogens with zero attached hydrogens (tertiary/aromatic N) is 2. The fourth-order valence-corrected chi connectivity index (χ4v) is 4.01. The minimum absolute atomic E-state index is 0.0568. The van der Waals surface area contributed by atoms with Crippen molar-refractivity contribution in [1.29, 1.82) is 0 Å². The molecule has 2 aliphatic rings. The first-order valence-electron chi connectivity index (χ1n) is 10.6. The second-order valence-electron chi connectivity index (χ2n) is 8.12. The number of phenols is 1. The summed E-state index contributed by atoms with van der Waals surface area (Å²) in [6.45, 7) is 3.19. The highest BCUT2D eigenvalue weighted by Crippen LogP contribution is 2.42. The predicted octanol–water partition coefficient (Wildman–Crippen LogP) is 3.26. The fourth-order valence-electron chi connectivity index (χ4n) is 4.01. The van der Waals surface area contributed by atoms with E-state index in [0.717, 1.165) is 25.0 Å². The number of halogens is 3. The van der Waals surface area contributed by atoms with Gasteiger partial charge in [0.2, 0.25) is 0 Å². The Morgan fingerprint density at radius 3 is 2.59 bits per heavy atom. The summed E-state index contributed by atoms with van der Waals surface area (Å²) < 4.78 is 43.6. The standard InChI is InChI=1S/C21H24N2O4.C2HF3O2/c24-19-5-1-4-17(11-19)20(25)23-14-21(15-23)18(7-10-27-21)6-9-26-13-16-3-2-8-22-12-16;3-2(4,5)1(6)7/h1-5,8,11-12,18,24H,6-7,9-10,13-15H2;(H,6,7). The summed E-state index contributed by atoms with van der Waals surface area (Å²) >= 11 is 0. The molecule has 4 rings (SSSR count). The van der Waals surface area contributed by atoms with Gasteiger partial charge in [0.05, 0.1) is 19.7 Å². The zero-order valence-corrected chi connectivity index (χ0v) is 18.2. The van der Waals surface area contributed by atoms with E-state index in [1.54, 1.807) is 29.3 Å². The maximum Gasteiger partial charge on any atom is 0.490 e. The van der Waals surface area contributed by atoms with Crippen LogP contribution in [0.4, 0.5) is 13.2 Å². The monoisotopic (exact) mass is 482 g/mol. The van der Waals surface area contributed by atoms with Crippen molar-refractivity contribution in [2.45, 2.75) is 31.2 Å². The number of carbonyl (C=O) groups is 2. The molecular formula is C23H25F3N2O6. The number of aliphatic carboxylic acids is 1. The first-order valence-corrected chi connectivity index (χ1v) is 10.6. The maximum absolute atomic E-state index is 12.6. The molecule has 2 aromatic rings. The number of rotatable bonds is 6. The maximum atomic E-state index is 12.6. The molecule has 0 bridgehead atoms. The molecule has 1 unspecified atom stereocenters. The SMILES string of the molecule is O=C(O)C(F)(F)F.O=C(c1cccc(O)c1)N1CC2(C1)OCCC2CCOCc1cccnc1. The van der Waals surface area contributed by atoms with Crippen LogP contribution < -0.4 is 0 Å². The zero-order chi connectivity index (χ0) is 24.8. The Morgan fingerprint density at radius 2 is 1.97 bits per heavy atom. The molecule has 11 heteroatoms. The molecule has 2 fully saturated rings. The minimum Gasteiger partial charge on any atom is -0.508 e. The first kappa shape index (κ1) is 25.4. The molecule has 1 aromatic heterocycles. The van der Waals surface area contributed by atoms with Gasteiger partial charge >= 0.3 is 12.1 Å². The van der Waals surface area contributed by atoms with E-state index in [1.165, 1.54) is 6.07 Å². The number of amides is 1. The lowest BCUT2D eigenvalue weighted by Crippen LogP contribution is -2.66. The molecule has 8 nitrogen and oxygen atoms in total. The molecular weight excluding hydrogens is 457 g/mol. The lowest BCUT2D eigenvalue weighted by Gasteiger charge is -2.50. The molecule has 2 N–H and O–H groups in total. The molecule has 1 aromatic carbocycles. The normalized spacial score (nSPS) is 18.7. The second kappa shape index (κ2) is 10.8. The lowest BCUT2D eigenvalue weighted by molar-refractivity contribution is -0.192. The highest BCUT2D eigenvalue weighted by molar-refractivity contribution is 5.95. The fraction of sp³-hybridized carbons (Fsp3) is 0.435. The van der Waals surface area contributed by atoms with Crippen LogP contribution in [-0.2, 0) is 20.9 Å². The smallest absolute Gasteiger partial charge is 0.490 e. The summed E-state index contributed by atoms with van der Waals surface area (Å²) in [5.74, 6) is -2.30. The summed E-state index contributed by atoms with van der Waals surface area (Å²) in [6.07, 6.45) is 0.416. The van der Waals surface area contributed by atoms with Gasteiger partial charge in [-0.25, -0.2) is 4.79 Å². The first-order chi connectivity index (χ1) is 16.1. The van der Waals surface area contributed by atoms with Crippen molar-refractivity contribution in [2.75, 3.05) is 26.3 Å². The van der Waals surface area contributed by atoms with E-state index in [9.17, 15) is 23.1 Å².